The molecule has 0 atom stereocenters. The molecule has 3 aliphatic heterocycles. The molecule has 3 aliphatic rings. The molecule has 20 heavy (non-hydrogen) atoms. The van der Waals surface area contributed by atoms with E-state index in [1.807, 2.05) is 13.1 Å². The van der Waals surface area contributed by atoms with Gasteiger partial charge >= 0.3 is 6.01 Å². The molecule has 0 spiro atoms. The Morgan fingerprint density at radius 3 is 2.75 bits per heavy atom. The van der Waals surface area contributed by atoms with E-state index in [0.29, 0.717) is 17.9 Å². The predicted octanol–water partition coefficient (Wildman–Crippen LogP) is 0.754. The predicted molar refractivity (Wildman–Crippen MR) is 73.3 cm³/mol. The van der Waals surface area contributed by atoms with Crippen LogP contribution < -0.4 is 4.90 Å². The summed E-state index contributed by atoms with van der Waals surface area (Å²) in [7, 11) is 1.87. The van der Waals surface area contributed by atoms with Crippen LogP contribution >= 0.6 is 0 Å². The largest absolute Gasteiger partial charge is 0.402 e. The van der Waals surface area contributed by atoms with Crippen molar-refractivity contribution in [3.05, 3.63) is 12.3 Å². The Morgan fingerprint density at radius 2 is 2.00 bits per heavy atom. The van der Waals surface area contributed by atoms with Crippen LogP contribution in [0.2, 0.25) is 0 Å². The minimum atomic E-state index is 0.536. The molecular formula is C13H18N6O. The molecule has 0 amide bonds. The molecule has 0 aromatic carbocycles. The number of hydrogen-bond acceptors (Lipinski definition) is 6. The smallest absolute Gasteiger partial charge is 0.318 e. The van der Waals surface area contributed by atoms with Gasteiger partial charge in [-0.3, -0.25) is 4.68 Å². The van der Waals surface area contributed by atoms with Crippen LogP contribution in [0.25, 0.3) is 11.6 Å². The summed E-state index contributed by atoms with van der Waals surface area (Å²) >= 11 is 0. The Morgan fingerprint density at radius 1 is 1.15 bits per heavy atom. The lowest BCUT2D eigenvalue weighted by Crippen LogP contribution is -2.38. The Kier molecular flexibility index (Phi) is 2.73. The van der Waals surface area contributed by atoms with Crippen LogP contribution in [0, 0.1) is 0 Å². The van der Waals surface area contributed by atoms with Crippen LogP contribution in [0.3, 0.4) is 0 Å². The van der Waals surface area contributed by atoms with Crippen molar-refractivity contribution in [3.63, 3.8) is 0 Å². The van der Waals surface area contributed by atoms with Crippen molar-refractivity contribution in [2.45, 2.75) is 18.9 Å². The molecule has 2 aromatic rings. The maximum absolute atomic E-state index is 5.88. The maximum Gasteiger partial charge on any atom is 0.318 e. The van der Waals surface area contributed by atoms with Gasteiger partial charge in [0.1, 0.15) is 5.69 Å². The molecule has 7 heteroatoms. The third kappa shape index (κ3) is 1.89. The highest BCUT2D eigenvalue weighted by Gasteiger charge is 2.32. The van der Waals surface area contributed by atoms with E-state index in [1.165, 1.54) is 25.9 Å². The fourth-order valence-electron chi connectivity index (χ4n) is 3.16. The molecule has 2 aromatic heterocycles. The zero-order chi connectivity index (χ0) is 13.5. The summed E-state index contributed by atoms with van der Waals surface area (Å²) in [5, 5.41) is 12.6. The van der Waals surface area contributed by atoms with Crippen molar-refractivity contribution in [1.82, 2.24) is 24.9 Å². The van der Waals surface area contributed by atoms with Crippen molar-refractivity contribution in [3.8, 4) is 11.6 Å². The summed E-state index contributed by atoms with van der Waals surface area (Å²) in [5.74, 6) is 0.541. The molecular weight excluding hydrogens is 256 g/mol. The van der Waals surface area contributed by atoms with Gasteiger partial charge in [-0.1, -0.05) is 5.10 Å². The number of nitrogens with zero attached hydrogens (tertiary/aromatic N) is 6. The van der Waals surface area contributed by atoms with Gasteiger partial charge in [0.25, 0.3) is 5.89 Å². The monoisotopic (exact) mass is 274 g/mol. The van der Waals surface area contributed by atoms with E-state index < -0.39 is 0 Å². The van der Waals surface area contributed by atoms with Gasteiger partial charge in [0.05, 0.1) is 0 Å². The van der Waals surface area contributed by atoms with Gasteiger partial charge in [0.2, 0.25) is 0 Å². The van der Waals surface area contributed by atoms with E-state index in [1.54, 1.807) is 10.9 Å². The Labute approximate surface area is 117 Å². The number of piperidine rings is 1. The first-order valence-electron chi connectivity index (χ1n) is 7.12. The summed E-state index contributed by atoms with van der Waals surface area (Å²) in [6, 6.07) is 3.07. The molecule has 0 aliphatic carbocycles. The van der Waals surface area contributed by atoms with Crippen LogP contribution in [0.4, 0.5) is 6.01 Å². The van der Waals surface area contributed by atoms with Gasteiger partial charge in [0, 0.05) is 45.5 Å². The summed E-state index contributed by atoms with van der Waals surface area (Å²) in [6.07, 6.45) is 4.10. The highest BCUT2D eigenvalue weighted by molar-refractivity contribution is 5.47. The lowest BCUT2D eigenvalue weighted by Gasteiger charge is -2.29. The van der Waals surface area contributed by atoms with Crippen LogP contribution in [-0.4, -0.2) is 57.1 Å². The number of anilines is 1. The average Bonchev–Trinajstić information content (AvgIpc) is 3.00. The molecule has 5 rings (SSSR count). The van der Waals surface area contributed by atoms with Gasteiger partial charge in [-0.05, 0) is 18.9 Å². The van der Waals surface area contributed by atoms with Crippen LogP contribution in [0.1, 0.15) is 12.8 Å². The van der Waals surface area contributed by atoms with E-state index in [-0.39, 0.29) is 0 Å². The van der Waals surface area contributed by atoms with Crippen molar-refractivity contribution in [2.24, 2.45) is 7.05 Å². The normalized spacial score (nSPS) is 25.9. The molecule has 0 N–H and O–H groups in total. The first kappa shape index (κ1) is 11.9. The number of aromatic nitrogens is 4. The Bertz CT molecular complexity index is 598. The highest BCUT2D eigenvalue weighted by atomic mass is 16.4. The topological polar surface area (TPSA) is 63.2 Å². The minimum absolute atomic E-state index is 0.536. The van der Waals surface area contributed by atoms with E-state index in [0.717, 1.165) is 18.8 Å². The number of hydrogen-bond donors (Lipinski definition) is 0. The molecule has 5 heterocycles. The Balaban J connectivity index is 1.63. The molecule has 106 valence electrons. The molecule has 0 unspecified atom stereocenters. The second-order valence-electron chi connectivity index (χ2n) is 5.50. The Hall–Kier alpha value is -1.89. The minimum Gasteiger partial charge on any atom is -0.402 e. The lowest BCUT2D eigenvalue weighted by molar-refractivity contribution is 0.249. The average molecular weight is 274 g/mol. The van der Waals surface area contributed by atoms with Crippen molar-refractivity contribution in [2.75, 3.05) is 31.1 Å². The van der Waals surface area contributed by atoms with Gasteiger partial charge in [-0.15, -0.1) is 5.10 Å². The first-order valence-corrected chi connectivity index (χ1v) is 7.12. The van der Waals surface area contributed by atoms with Gasteiger partial charge < -0.3 is 14.2 Å². The lowest BCUT2D eigenvalue weighted by atomic mass is 10.1. The maximum atomic E-state index is 5.88. The second kappa shape index (κ2) is 4.59. The summed E-state index contributed by atoms with van der Waals surface area (Å²) in [6.45, 7) is 4.42. The van der Waals surface area contributed by atoms with E-state index in [2.05, 4.69) is 25.1 Å². The van der Waals surface area contributed by atoms with E-state index in [9.17, 15) is 0 Å². The standard InChI is InChI=1S/C13H18N6O/c1-17-11(2-5-14-17)12-15-16-13(20-12)19-9-8-18-6-3-10(19)4-7-18/h2,5,10H,3-4,6-9H2,1H3. The quantitative estimate of drug-likeness (QED) is 0.805. The molecule has 0 radical (unpaired) electrons. The number of aryl methyl sites for hydroxylation is 1. The van der Waals surface area contributed by atoms with E-state index in [4.69, 9.17) is 4.42 Å². The van der Waals surface area contributed by atoms with Crippen molar-refractivity contribution in [1.29, 1.82) is 0 Å². The molecule has 3 saturated heterocycles. The molecule has 2 bridgehead atoms. The van der Waals surface area contributed by atoms with Crippen molar-refractivity contribution >= 4 is 6.01 Å². The highest BCUT2D eigenvalue weighted by Crippen LogP contribution is 2.28. The van der Waals surface area contributed by atoms with Gasteiger partial charge in [-0.2, -0.15) is 5.10 Å². The molecule has 3 fully saturated rings. The summed E-state index contributed by atoms with van der Waals surface area (Å²) in [5.41, 5.74) is 0.853. The first-order chi connectivity index (χ1) is 9.81. The zero-order valence-corrected chi connectivity index (χ0v) is 11.6. The van der Waals surface area contributed by atoms with Crippen LogP contribution in [0.5, 0.6) is 0 Å². The zero-order valence-electron chi connectivity index (χ0n) is 11.6. The van der Waals surface area contributed by atoms with E-state index >= 15 is 0 Å². The fourth-order valence-corrected chi connectivity index (χ4v) is 3.16. The van der Waals surface area contributed by atoms with Crippen molar-refractivity contribution < 1.29 is 4.42 Å². The third-order valence-corrected chi connectivity index (χ3v) is 4.36. The third-order valence-electron chi connectivity index (χ3n) is 4.36. The fraction of sp³-hybridized carbons (Fsp3) is 0.615. The second-order valence-corrected chi connectivity index (χ2v) is 5.50. The van der Waals surface area contributed by atoms with Crippen LogP contribution in [0.15, 0.2) is 16.7 Å². The number of fused-ring (bicyclic) bond motifs is 4. The van der Waals surface area contributed by atoms with Crippen LogP contribution in [-0.2, 0) is 7.05 Å². The molecule has 7 nitrogen and oxygen atoms in total. The summed E-state index contributed by atoms with van der Waals surface area (Å²) in [4.78, 5) is 4.79. The summed E-state index contributed by atoms with van der Waals surface area (Å²) < 4.78 is 7.63. The molecule has 0 saturated carbocycles. The van der Waals surface area contributed by atoms with Gasteiger partial charge in [-0.25, -0.2) is 0 Å². The SMILES string of the molecule is Cn1nccc1-c1nnc(N2CCN3CCC2CC3)o1. The van der Waals surface area contributed by atoms with Gasteiger partial charge in [0.15, 0.2) is 0 Å². The number of rotatable bonds is 2.